The molecule has 1 amide bonds. The lowest BCUT2D eigenvalue weighted by atomic mass is 9.99. The largest absolute Gasteiger partial charge is 0.452 e. The minimum atomic E-state index is -0.537. The Kier molecular flexibility index (Phi) is 8.16. The first-order chi connectivity index (χ1) is 11.0. The summed E-state index contributed by atoms with van der Waals surface area (Å²) in [5, 5.41) is 2.83. The van der Waals surface area contributed by atoms with Gasteiger partial charge in [0.1, 0.15) is 0 Å². The van der Waals surface area contributed by atoms with E-state index in [1.54, 1.807) is 18.2 Å². The van der Waals surface area contributed by atoms with Crippen molar-refractivity contribution in [1.82, 2.24) is 5.32 Å². The molecular weight excluding hydrogens is 292 g/mol. The normalized spacial score (nSPS) is 11.8. The van der Waals surface area contributed by atoms with Crippen LogP contribution in [0.15, 0.2) is 18.2 Å². The number of benzene rings is 1. The minimum Gasteiger partial charge on any atom is -0.452 e. The molecule has 5 heteroatoms. The smallest absolute Gasteiger partial charge is 0.338 e. The molecule has 0 bridgehead atoms. The fraction of sp³-hybridized carbons (Fsp3) is 0.556. The zero-order valence-corrected chi connectivity index (χ0v) is 14.4. The average molecular weight is 320 g/mol. The van der Waals surface area contributed by atoms with Crippen LogP contribution < -0.4 is 11.1 Å². The van der Waals surface area contributed by atoms with Gasteiger partial charge in [0.25, 0.3) is 5.91 Å². The fourth-order valence-corrected chi connectivity index (χ4v) is 2.23. The van der Waals surface area contributed by atoms with Gasteiger partial charge in [-0.3, -0.25) is 4.79 Å². The monoisotopic (exact) mass is 320 g/mol. The van der Waals surface area contributed by atoms with Crippen LogP contribution >= 0.6 is 0 Å². The molecule has 1 rings (SSSR count). The highest BCUT2D eigenvalue weighted by Gasteiger charge is 2.12. The van der Waals surface area contributed by atoms with Crippen LogP contribution in [-0.2, 0) is 9.53 Å². The van der Waals surface area contributed by atoms with Crippen molar-refractivity contribution in [3.05, 3.63) is 29.3 Å². The molecule has 1 aromatic rings. The van der Waals surface area contributed by atoms with Crippen LogP contribution in [0.25, 0.3) is 0 Å². The molecule has 0 spiro atoms. The number of unbranched alkanes of at least 4 members (excludes halogenated alkanes) is 1. The number of hydrogen-bond acceptors (Lipinski definition) is 4. The van der Waals surface area contributed by atoms with Crippen molar-refractivity contribution in [3.63, 3.8) is 0 Å². The van der Waals surface area contributed by atoms with Crippen LogP contribution in [0.5, 0.6) is 0 Å². The summed E-state index contributed by atoms with van der Waals surface area (Å²) in [4.78, 5) is 23.7. The zero-order valence-electron chi connectivity index (χ0n) is 14.4. The fourth-order valence-electron chi connectivity index (χ4n) is 2.23. The molecule has 1 aromatic carbocycles. The van der Waals surface area contributed by atoms with E-state index in [0.717, 1.165) is 31.2 Å². The number of amides is 1. The van der Waals surface area contributed by atoms with E-state index in [-0.39, 0.29) is 12.5 Å². The van der Waals surface area contributed by atoms with Gasteiger partial charge in [0.05, 0.1) is 5.56 Å². The highest BCUT2D eigenvalue weighted by molar-refractivity contribution is 5.92. The summed E-state index contributed by atoms with van der Waals surface area (Å²) < 4.78 is 5.03. The molecule has 0 radical (unpaired) electrons. The summed E-state index contributed by atoms with van der Waals surface area (Å²) in [7, 11) is 0. The molecule has 0 fully saturated rings. The molecule has 0 saturated heterocycles. The highest BCUT2D eigenvalue weighted by atomic mass is 16.5. The van der Waals surface area contributed by atoms with Gasteiger partial charge in [0, 0.05) is 12.2 Å². The van der Waals surface area contributed by atoms with Crippen LogP contribution in [0.4, 0.5) is 5.69 Å². The SMILES string of the molecule is CCCC[C@H](CC)CNC(=O)COC(=O)c1ccc(C)c(N)c1. The lowest BCUT2D eigenvalue weighted by Gasteiger charge is -2.15. The lowest BCUT2D eigenvalue weighted by Crippen LogP contribution is -2.32. The molecule has 0 saturated carbocycles. The van der Waals surface area contributed by atoms with Gasteiger partial charge in [-0.2, -0.15) is 0 Å². The van der Waals surface area contributed by atoms with Crippen LogP contribution in [0.3, 0.4) is 0 Å². The Labute approximate surface area is 138 Å². The van der Waals surface area contributed by atoms with E-state index >= 15 is 0 Å². The van der Waals surface area contributed by atoms with E-state index in [2.05, 4.69) is 19.2 Å². The molecule has 0 heterocycles. The first-order valence-corrected chi connectivity index (χ1v) is 8.27. The Bertz CT molecular complexity index is 529. The molecule has 0 aliphatic rings. The third-order valence-corrected chi connectivity index (χ3v) is 3.98. The number of hydrogen-bond donors (Lipinski definition) is 2. The number of esters is 1. The second-order valence-electron chi connectivity index (χ2n) is 5.87. The van der Waals surface area contributed by atoms with Crippen molar-refractivity contribution in [2.75, 3.05) is 18.9 Å². The van der Waals surface area contributed by atoms with Crippen molar-refractivity contribution in [1.29, 1.82) is 0 Å². The molecule has 0 aromatic heterocycles. The number of ether oxygens (including phenoxy) is 1. The lowest BCUT2D eigenvalue weighted by molar-refractivity contribution is -0.124. The first kappa shape index (κ1) is 19.0. The summed E-state index contributed by atoms with van der Waals surface area (Å²) in [5.74, 6) is -0.329. The second-order valence-corrected chi connectivity index (χ2v) is 5.87. The van der Waals surface area contributed by atoms with Gasteiger partial charge in [-0.25, -0.2) is 4.79 Å². The maximum atomic E-state index is 11.9. The summed E-state index contributed by atoms with van der Waals surface area (Å²) in [6.07, 6.45) is 4.46. The quantitative estimate of drug-likeness (QED) is 0.541. The summed E-state index contributed by atoms with van der Waals surface area (Å²) in [6, 6.07) is 4.96. The molecular formula is C18H28N2O3. The topological polar surface area (TPSA) is 81.4 Å². The van der Waals surface area contributed by atoms with E-state index in [0.29, 0.717) is 23.7 Å². The van der Waals surface area contributed by atoms with Crippen molar-refractivity contribution in [2.24, 2.45) is 5.92 Å². The molecule has 1 atom stereocenters. The Morgan fingerprint density at radius 3 is 2.65 bits per heavy atom. The minimum absolute atomic E-state index is 0.267. The van der Waals surface area contributed by atoms with Gasteiger partial charge in [-0.05, 0) is 37.0 Å². The third kappa shape index (κ3) is 6.72. The predicted octanol–water partition coefficient (Wildman–Crippen LogP) is 3.07. The van der Waals surface area contributed by atoms with Crippen LogP contribution in [-0.4, -0.2) is 25.0 Å². The van der Waals surface area contributed by atoms with Crippen LogP contribution in [0, 0.1) is 12.8 Å². The molecule has 128 valence electrons. The molecule has 3 N–H and O–H groups in total. The van der Waals surface area contributed by atoms with Crippen molar-refractivity contribution >= 4 is 17.6 Å². The molecule has 23 heavy (non-hydrogen) atoms. The Morgan fingerprint density at radius 2 is 2.04 bits per heavy atom. The van der Waals surface area contributed by atoms with Gasteiger partial charge in [-0.15, -0.1) is 0 Å². The van der Waals surface area contributed by atoms with Gasteiger partial charge < -0.3 is 15.8 Å². The zero-order chi connectivity index (χ0) is 17.2. The molecule has 0 aliphatic carbocycles. The van der Waals surface area contributed by atoms with E-state index in [4.69, 9.17) is 10.5 Å². The molecule has 5 nitrogen and oxygen atoms in total. The predicted molar refractivity (Wildman–Crippen MR) is 92.2 cm³/mol. The number of anilines is 1. The van der Waals surface area contributed by atoms with Crippen molar-refractivity contribution < 1.29 is 14.3 Å². The first-order valence-electron chi connectivity index (χ1n) is 8.27. The summed E-state index contributed by atoms with van der Waals surface area (Å²) >= 11 is 0. The van der Waals surface area contributed by atoms with Crippen LogP contribution in [0.1, 0.15) is 55.5 Å². The summed E-state index contributed by atoms with van der Waals surface area (Å²) in [6.45, 7) is 6.50. The van der Waals surface area contributed by atoms with E-state index in [1.807, 2.05) is 6.92 Å². The molecule has 0 aliphatic heterocycles. The number of aryl methyl sites for hydroxylation is 1. The number of rotatable bonds is 9. The van der Waals surface area contributed by atoms with Crippen molar-refractivity contribution in [3.8, 4) is 0 Å². The number of nitrogen functional groups attached to an aromatic ring is 1. The van der Waals surface area contributed by atoms with E-state index < -0.39 is 5.97 Å². The number of carbonyl (C=O) groups is 2. The van der Waals surface area contributed by atoms with Gasteiger partial charge in [0.15, 0.2) is 6.61 Å². The Morgan fingerprint density at radius 1 is 1.30 bits per heavy atom. The maximum absolute atomic E-state index is 11.9. The highest BCUT2D eigenvalue weighted by Crippen LogP contribution is 2.14. The third-order valence-electron chi connectivity index (χ3n) is 3.98. The summed E-state index contributed by atoms with van der Waals surface area (Å²) in [5.41, 5.74) is 7.55. The number of nitrogens with one attached hydrogen (secondary N) is 1. The van der Waals surface area contributed by atoms with Gasteiger partial charge in [-0.1, -0.05) is 39.2 Å². The van der Waals surface area contributed by atoms with E-state index in [1.165, 1.54) is 0 Å². The average Bonchev–Trinajstić information content (AvgIpc) is 2.55. The van der Waals surface area contributed by atoms with Gasteiger partial charge >= 0.3 is 5.97 Å². The Balaban J connectivity index is 2.37. The van der Waals surface area contributed by atoms with Crippen LogP contribution in [0.2, 0.25) is 0 Å². The number of carbonyl (C=O) groups excluding carboxylic acids is 2. The molecule has 0 unspecified atom stereocenters. The number of nitrogens with two attached hydrogens (primary N) is 1. The second kappa shape index (κ2) is 9.87. The Hall–Kier alpha value is -2.04. The van der Waals surface area contributed by atoms with E-state index in [9.17, 15) is 9.59 Å². The van der Waals surface area contributed by atoms with Gasteiger partial charge in [0.2, 0.25) is 0 Å². The standard InChI is InChI=1S/C18H28N2O3/c1-4-6-7-14(5-2)11-20-17(21)12-23-18(22)15-9-8-13(3)16(19)10-15/h8-10,14H,4-7,11-12,19H2,1-3H3,(H,20,21)/t14-/m0/s1. The van der Waals surface area contributed by atoms with Crippen molar-refractivity contribution in [2.45, 2.75) is 46.5 Å². The maximum Gasteiger partial charge on any atom is 0.338 e.